The highest BCUT2D eigenvalue weighted by molar-refractivity contribution is 6.34. The number of anilines is 2. The maximum Gasteiger partial charge on any atom is 0.418 e. The number of hydrogen-bond acceptors (Lipinski definition) is 7. The van der Waals surface area contributed by atoms with E-state index in [0.717, 1.165) is 45.3 Å². The summed E-state index contributed by atoms with van der Waals surface area (Å²) in [6.45, 7) is 8.88. The van der Waals surface area contributed by atoms with Gasteiger partial charge in [0.05, 0.1) is 21.8 Å². The van der Waals surface area contributed by atoms with Gasteiger partial charge in [-0.05, 0) is 75.4 Å². The molecular weight excluding hydrogens is 529 g/mol. The number of rotatable bonds is 5. The minimum Gasteiger partial charge on any atom is -0.462 e. The van der Waals surface area contributed by atoms with Crippen molar-refractivity contribution in [3.05, 3.63) is 34.3 Å². The smallest absolute Gasteiger partial charge is 0.418 e. The van der Waals surface area contributed by atoms with E-state index in [1.165, 1.54) is 13.0 Å². The summed E-state index contributed by atoms with van der Waals surface area (Å²) in [4.78, 5) is 17.9. The predicted molar refractivity (Wildman–Crippen MR) is 148 cm³/mol. The van der Waals surface area contributed by atoms with Crippen molar-refractivity contribution >= 4 is 34.1 Å². The maximum absolute atomic E-state index is 14.1. The Balaban J connectivity index is 1.63. The van der Waals surface area contributed by atoms with E-state index < -0.39 is 11.7 Å². The summed E-state index contributed by atoms with van der Waals surface area (Å²) in [5.74, 6) is 0.655. The molecule has 1 aromatic carbocycles. The number of aryl methyl sites for hydroxylation is 1. The van der Waals surface area contributed by atoms with Crippen LogP contribution in [0.2, 0.25) is 5.02 Å². The molecule has 39 heavy (non-hydrogen) atoms. The second kappa shape index (κ2) is 10.3. The fourth-order valence-electron chi connectivity index (χ4n) is 5.53. The van der Waals surface area contributed by atoms with E-state index in [2.05, 4.69) is 40.7 Å². The highest BCUT2D eigenvalue weighted by Gasteiger charge is 2.37. The highest BCUT2D eigenvalue weighted by Crippen LogP contribution is 2.43. The zero-order valence-corrected chi connectivity index (χ0v) is 23.5. The van der Waals surface area contributed by atoms with Gasteiger partial charge in [0.15, 0.2) is 0 Å². The van der Waals surface area contributed by atoms with E-state index in [-0.39, 0.29) is 45.1 Å². The summed E-state index contributed by atoms with van der Waals surface area (Å²) in [5, 5.41) is 0.775. The van der Waals surface area contributed by atoms with Crippen molar-refractivity contribution in [1.82, 2.24) is 19.9 Å². The van der Waals surface area contributed by atoms with Crippen LogP contribution in [-0.2, 0) is 6.18 Å². The quantitative estimate of drug-likeness (QED) is 0.388. The Hall–Kier alpha value is -2.85. The van der Waals surface area contributed by atoms with Gasteiger partial charge in [-0.2, -0.15) is 23.1 Å². The van der Waals surface area contributed by atoms with Crippen LogP contribution < -0.4 is 15.4 Å². The Bertz CT molecular complexity index is 1390. The molecule has 3 aromatic rings. The number of likely N-dealkylation sites (tertiary alicyclic amines) is 1. The molecule has 7 nitrogen and oxygen atoms in total. The third-order valence-corrected chi connectivity index (χ3v) is 8.32. The van der Waals surface area contributed by atoms with E-state index >= 15 is 0 Å². The maximum atomic E-state index is 14.1. The molecule has 2 aliphatic rings. The van der Waals surface area contributed by atoms with Crippen molar-refractivity contribution in [2.24, 2.45) is 5.41 Å². The van der Waals surface area contributed by atoms with Crippen LogP contribution in [0.4, 0.5) is 24.8 Å². The molecule has 0 radical (unpaired) electrons. The molecular formula is C28H34ClF3N6O. The molecule has 0 aliphatic carbocycles. The van der Waals surface area contributed by atoms with Crippen molar-refractivity contribution in [3.63, 3.8) is 0 Å². The van der Waals surface area contributed by atoms with Gasteiger partial charge in [0, 0.05) is 30.1 Å². The lowest BCUT2D eigenvalue weighted by molar-refractivity contribution is -0.137. The molecule has 1 atom stereocenters. The van der Waals surface area contributed by atoms with Crippen LogP contribution in [0.15, 0.2) is 18.2 Å². The van der Waals surface area contributed by atoms with E-state index in [4.69, 9.17) is 27.1 Å². The van der Waals surface area contributed by atoms with Gasteiger partial charge in [-0.15, -0.1) is 0 Å². The lowest BCUT2D eigenvalue weighted by atomic mass is 9.82. The second-order valence-corrected chi connectivity index (χ2v) is 11.9. The van der Waals surface area contributed by atoms with Crippen molar-refractivity contribution in [2.75, 3.05) is 43.9 Å². The van der Waals surface area contributed by atoms with E-state index in [9.17, 15) is 13.2 Å². The number of nitrogens with zero attached hydrogens (tertiary/aromatic N) is 5. The van der Waals surface area contributed by atoms with Crippen molar-refractivity contribution in [1.29, 1.82) is 0 Å². The van der Waals surface area contributed by atoms with Gasteiger partial charge in [-0.1, -0.05) is 25.4 Å². The van der Waals surface area contributed by atoms with Gasteiger partial charge in [-0.25, -0.2) is 4.98 Å². The van der Waals surface area contributed by atoms with Crippen LogP contribution in [0.1, 0.15) is 50.7 Å². The lowest BCUT2D eigenvalue weighted by Gasteiger charge is -2.38. The van der Waals surface area contributed by atoms with Crippen LogP contribution in [0.3, 0.4) is 0 Å². The highest BCUT2D eigenvalue weighted by atomic mass is 35.5. The molecule has 0 amide bonds. The van der Waals surface area contributed by atoms with E-state index in [1.54, 1.807) is 12.1 Å². The monoisotopic (exact) mass is 562 g/mol. The number of fused-ring (bicyclic) bond motifs is 1. The number of ether oxygens (including phenoxy) is 1. The zero-order valence-electron chi connectivity index (χ0n) is 22.7. The molecule has 210 valence electrons. The summed E-state index contributed by atoms with van der Waals surface area (Å²) in [5.41, 5.74) is 5.43. The van der Waals surface area contributed by atoms with Crippen molar-refractivity contribution < 1.29 is 17.9 Å². The van der Waals surface area contributed by atoms with Gasteiger partial charge in [-0.3, -0.25) is 0 Å². The normalized spacial score (nSPS) is 20.1. The summed E-state index contributed by atoms with van der Waals surface area (Å²) in [6.07, 6.45) is -0.548. The third-order valence-electron chi connectivity index (χ3n) is 8.01. The molecule has 0 saturated carbocycles. The molecule has 2 N–H and O–H groups in total. The number of halogens is 4. The van der Waals surface area contributed by atoms with Gasteiger partial charge in [0.25, 0.3) is 0 Å². The van der Waals surface area contributed by atoms with Crippen LogP contribution in [0.5, 0.6) is 6.01 Å². The number of nitrogens with two attached hydrogens (primary N) is 1. The second-order valence-electron chi connectivity index (χ2n) is 11.5. The molecule has 0 bridgehead atoms. The van der Waals surface area contributed by atoms with Crippen LogP contribution in [0, 0.1) is 12.3 Å². The molecule has 2 fully saturated rings. The third kappa shape index (κ3) is 5.72. The number of alkyl halides is 3. The van der Waals surface area contributed by atoms with Gasteiger partial charge in [0.2, 0.25) is 0 Å². The summed E-state index contributed by atoms with van der Waals surface area (Å²) < 4.78 is 48.4. The summed E-state index contributed by atoms with van der Waals surface area (Å²) in [7, 11) is 2.07. The minimum absolute atomic E-state index is 0.0179. The Labute approximate surface area is 231 Å². The Kier molecular flexibility index (Phi) is 7.30. The molecule has 1 unspecified atom stereocenters. The first kappa shape index (κ1) is 27.7. The van der Waals surface area contributed by atoms with Crippen molar-refractivity contribution in [2.45, 2.75) is 58.7 Å². The number of pyridine rings is 1. The van der Waals surface area contributed by atoms with E-state index in [1.807, 2.05) is 0 Å². The molecule has 0 spiro atoms. The Morgan fingerprint density at radius 2 is 1.82 bits per heavy atom. The van der Waals surface area contributed by atoms with Gasteiger partial charge >= 0.3 is 12.2 Å². The molecule has 4 heterocycles. The van der Waals surface area contributed by atoms with Crippen LogP contribution >= 0.6 is 11.6 Å². The first-order valence-electron chi connectivity index (χ1n) is 13.3. The number of nitrogen functional groups attached to an aromatic ring is 1. The lowest BCUT2D eigenvalue weighted by Crippen LogP contribution is -2.38. The predicted octanol–water partition coefficient (Wildman–Crippen LogP) is 6.35. The first-order valence-corrected chi connectivity index (χ1v) is 13.6. The number of aromatic nitrogens is 3. The number of piperidine rings is 1. The average Bonchev–Trinajstić information content (AvgIpc) is 3.25. The van der Waals surface area contributed by atoms with Crippen LogP contribution in [0.25, 0.3) is 22.2 Å². The van der Waals surface area contributed by atoms with Crippen molar-refractivity contribution in [3.8, 4) is 17.3 Å². The summed E-state index contributed by atoms with van der Waals surface area (Å²) >= 11 is 6.66. The number of hydrogen-bond donors (Lipinski definition) is 1. The number of likely N-dealkylation sites (N-methyl/N-ethyl adjacent to an activating group) is 1. The van der Waals surface area contributed by atoms with E-state index in [0.29, 0.717) is 23.3 Å². The standard InChI is InChI=1S/C28H34ClF3N6O/c1-16-12-22(33)35-24(23(16)28(30,31)32)18-14-21-19(13-20(18)29)25(38-10-7-27(2,3)8-11-38)36-26(34-21)39-15-17-6-5-9-37(17)4/h12-14,17H,5-11,15H2,1-4H3,(H2,33,35). The number of benzene rings is 1. The first-order chi connectivity index (χ1) is 18.3. The zero-order chi connectivity index (χ0) is 28.1. The SMILES string of the molecule is Cc1cc(N)nc(-c2cc3nc(OCC4CCCN4C)nc(N4CCC(C)(C)CC4)c3cc2Cl)c1C(F)(F)F. The molecule has 11 heteroatoms. The molecule has 2 saturated heterocycles. The Morgan fingerprint density at radius 1 is 1.10 bits per heavy atom. The minimum atomic E-state index is -4.64. The largest absolute Gasteiger partial charge is 0.462 e. The van der Waals surface area contributed by atoms with Gasteiger partial charge in [0.1, 0.15) is 18.2 Å². The topological polar surface area (TPSA) is 80.4 Å². The fraction of sp³-hybridized carbons (Fsp3) is 0.536. The molecule has 5 rings (SSSR count). The van der Waals surface area contributed by atoms with Crippen LogP contribution in [-0.4, -0.2) is 59.2 Å². The molecule has 2 aromatic heterocycles. The average molecular weight is 563 g/mol. The fourth-order valence-corrected chi connectivity index (χ4v) is 5.79. The summed E-state index contributed by atoms with van der Waals surface area (Å²) in [6, 6.07) is 4.85. The Morgan fingerprint density at radius 3 is 2.46 bits per heavy atom. The van der Waals surface area contributed by atoms with Gasteiger partial charge < -0.3 is 20.3 Å². The molecule has 2 aliphatic heterocycles.